The van der Waals surface area contributed by atoms with Crippen molar-refractivity contribution in [2.75, 3.05) is 6.61 Å². The largest absolute Gasteiger partial charge is 0.482 e. The van der Waals surface area contributed by atoms with Gasteiger partial charge in [-0.25, -0.2) is 0 Å². The first-order chi connectivity index (χ1) is 13.5. The van der Waals surface area contributed by atoms with E-state index in [-0.39, 0.29) is 13.2 Å². The molecule has 0 aliphatic heterocycles. The third-order valence-electron chi connectivity index (χ3n) is 3.56. The number of aryl methyl sites for hydroxylation is 1. The maximum absolute atomic E-state index is 11.9. The number of benzene rings is 2. The van der Waals surface area contributed by atoms with Crippen LogP contribution < -0.4 is 15.6 Å². The van der Waals surface area contributed by atoms with Crippen molar-refractivity contribution in [1.29, 1.82) is 0 Å². The van der Waals surface area contributed by atoms with Gasteiger partial charge in [-0.1, -0.05) is 48.0 Å². The van der Waals surface area contributed by atoms with Crippen LogP contribution in [-0.4, -0.2) is 38.6 Å². The minimum Gasteiger partial charge on any atom is -0.482 e. The van der Waals surface area contributed by atoms with E-state index in [1.54, 1.807) is 12.1 Å². The van der Waals surface area contributed by atoms with E-state index in [1.165, 1.54) is 0 Å². The summed E-state index contributed by atoms with van der Waals surface area (Å²) in [5.41, 5.74) is 6.25. The summed E-state index contributed by atoms with van der Waals surface area (Å²) in [6.45, 7) is 1.37. The van der Waals surface area contributed by atoms with Gasteiger partial charge in [0.05, 0.1) is 5.02 Å². The number of hydrogen-bond donors (Lipinski definition) is 2. The van der Waals surface area contributed by atoms with Crippen molar-refractivity contribution in [2.45, 2.75) is 13.5 Å². The van der Waals surface area contributed by atoms with Crippen LogP contribution in [0.25, 0.3) is 11.4 Å². The van der Waals surface area contributed by atoms with E-state index in [0.717, 1.165) is 15.9 Å². The van der Waals surface area contributed by atoms with Crippen molar-refractivity contribution in [2.24, 2.45) is 0 Å². The van der Waals surface area contributed by atoms with Crippen molar-refractivity contribution < 1.29 is 14.3 Å². The van der Waals surface area contributed by atoms with Crippen molar-refractivity contribution in [3.63, 3.8) is 0 Å². The number of carbonyl (C=O) groups is 2. The van der Waals surface area contributed by atoms with E-state index in [1.807, 2.05) is 43.3 Å². The number of hydrogen-bond acceptors (Lipinski definition) is 6. The summed E-state index contributed by atoms with van der Waals surface area (Å²) in [5, 5.41) is 12.2. The van der Waals surface area contributed by atoms with Gasteiger partial charge in [0, 0.05) is 5.56 Å². The second kappa shape index (κ2) is 8.96. The number of tetrazole rings is 1. The minimum absolute atomic E-state index is 0.204. The van der Waals surface area contributed by atoms with Crippen LogP contribution in [0.4, 0.5) is 0 Å². The standard InChI is InChI=1S/C18H17ClN6O3/c1-12-7-8-14(19)15(9-12)28-11-17(27)21-20-16(26)10-25-23-18(22-24-25)13-5-3-2-4-6-13/h2-9H,10-11H2,1H3,(H,20,26)(H,21,27). The van der Waals surface area contributed by atoms with E-state index in [4.69, 9.17) is 16.3 Å². The van der Waals surface area contributed by atoms with Crippen LogP contribution >= 0.6 is 11.6 Å². The summed E-state index contributed by atoms with van der Waals surface area (Å²) in [7, 11) is 0. The summed E-state index contributed by atoms with van der Waals surface area (Å²) in [6, 6.07) is 14.5. The molecule has 0 bridgehead atoms. The normalized spacial score (nSPS) is 10.4. The van der Waals surface area contributed by atoms with Crippen LogP contribution in [0.1, 0.15) is 5.56 Å². The Morgan fingerprint density at radius 1 is 1.11 bits per heavy atom. The van der Waals surface area contributed by atoms with Crippen LogP contribution in [0.5, 0.6) is 5.75 Å². The molecule has 1 aromatic heterocycles. The molecule has 2 N–H and O–H groups in total. The maximum atomic E-state index is 11.9. The number of aromatic nitrogens is 4. The summed E-state index contributed by atoms with van der Waals surface area (Å²) >= 11 is 5.99. The average molecular weight is 401 g/mol. The Kier molecular flexibility index (Phi) is 6.18. The van der Waals surface area contributed by atoms with E-state index in [2.05, 4.69) is 26.3 Å². The van der Waals surface area contributed by atoms with Gasteiger partial charge >= 0.3 is 0 Å². The van der Waals surface area contributed by atoms with Gasteiger partial charge in [-0.05, 0) is 29.8 Å². The van der Waals surface area contributed by atoms with E-state index < -0.39 is 11.8 Å². The van der Waals surface area contributed by atoms with Crippen LogP contribution in [0, 0.1) is 6.92 Å². The van der Waals surface area contributed by atoms with Gasteiger partial charge in [0.2, 0.25) is 5.82 Å². The second-order valence-corrected chi connectivity index (χ2v) is 6.24. The zero-order valence-electron chi connectivity index (χ0n) is 14.9. The predicted octanol–water partition coefficient (Wildman–Crippen LogP) is 1.53. The Balaban J connectivity index is 1.45. The minimum atomic E-state index is -0.539. The molecule has 10 heteroatoms. The lowest BCUT2D eigenvalue weighted by atomic mass is 10.2. The molecule has 0 unspecified atom stereocenters. The van der Waals surface area contributed by atoms with Crippen molar-refractivity contribution in [3.05, 3.63) is 59.1 Å². The molecule has 144 valence electrons. The number of hydrazine groups is 1. The maximum Gasteiger partial charge on any atom is 0.276 e. The molecule has 0 saturated carbocycles. The van der Waals surface area contributed by atoms with Crippen LogP contribution in [0.2, 0.25) is 5.02 Å². The van der Waals surface area contributed by atoms with Gasteiger partial charge in [-0.2, -0.15) is 4.80 Å². The van der Waals surface area contributed by atoms with Gasteiger partial charge in [0.15, 0.2) is 6.61 Å². The fourth-order valence-corrected chi connectivity index (χ4v) is 2.39. The highest BCUT2D eigenvalue weighted by atomic mass is 35.5. The molecule has 0 fully saturated rings. The number of ether oxygens (including phenoxy) is 1. The fraction of sp³-hybridized carbons (Fsp3) is 0.167. The van der Waals surface area contributed by atoms with Crippen molar-refractivity contribution in [3.8, 4) is 17.1 Å². The van der Waals surface area contributed by atoms with Gasteiger partial charge in [-0.3, -0.25) is 20.4 Å². The molecule has 0 radical (unpaired) electrons. The number of nitrogens with one attached hydrogen (secondary N) is 2. The summed E-state index contributed by atoms with van der Waals surface area (Å²) in [4.78, 5) is 24.9. The van der Waals surface area contributed by atoms with Crippen LogP contribution in [0.3, 0.4) is 0 Å². The molecule has 3 rings (SSSR count). The SMILES string of the molecule is Cc1ccc(Cl)c(OCC(=O)NNC(=O)Cn2nnc(-c3ccccc3)n2)c1. The first-order valence-corrected chi connectivity index (χ1v) is 8.69. The van der Waals surface area contributed by atoms with E-state index >= 15 is 0 Å². The molecule has 0 aliphatic rings. The highest BCUT2D eigenvalue weighted by molar-refractivity contribution is 6.32. The Morgan fingerprint density at radius 2 is 1.86 bits per heavy atom. The molecule has 1 heterocycles. The first kappa shape index (κ1) is 19.3. The molecule has 0 spiro atoms. The molecule has 9 nitrogen and oxygen atoms in total. The highest BCUT2D eigenvalue weighted by Gasteiger charge is 2.11. The third kappa shape index (κ3) is 5.27. The fourth-order valence-electron chi connectivity index (χ4n) is 2.22. The van der Waals surface area contributed by atoms with Gasteiger partial charge < -0.3 is 4.74 Å². The molecule has 2 amide bonds. The van der Waals surface area contributed by atoms with Gasteiger partial charge in [-0.15, -0.1) is 10.2 Å². The first-order valence-electron chi connectivity index (χ1n) is 8.31. The predicted molar refractivity (Wildman–Crippen MR) is 101 cm³/mol. The topological polar surface area (TPSA) is 111 Å². The molecule has 0 atom stereocenters. The quantitative estimate of drug-likeness (QED) is 0.607. The Labute approximate surface area is 165 Å². The Hall–Kier alpha value is -3.46. The molecule has 3 aromatic rings. The lowest BCUT2D eigenvalue weighted by Gasteiger charge is -2.10. The number of halogens is 1. The molecule has 28 heavy (non-hydrogen) atoms. The van der Waals surface area contributed by atoms with Crippen molar-refractivity contribution in [1.82, 2.24) is 31.1 Å². The second-order valence-electron chi connectivity index (χ2n) is 5.83. The van der Waals surface area contributed by atoms with Gasteiger partial charge in [0.1, 0.15) is 12.3 Å². The number of carbonyl (C=O) groups excluding carboxylic acids is 2. The average Bonchev–Trinajstić information content (AvgIpc) is 3.16. The van der Waals surface area contributed by atoms with Gasteiger partial charge in [0.25, 0.3) is 11.8 Å². The molecule has 0 saturated heterocycles. The van der Waals surface area contributed by atoms with Crippen molar-refractivity contribution >= 4 is 23.4 Å². The molecule has 0 aliphatic carbocycles. The lowest BCUT2D eigenvalue weighted by molar-refractivity contribution is -0.130. The Morgan fingerprint density at radius 3 is 2.64 bits per heavy atom. The number of nitrogens with zero attached hydrogens (tertiary/aromatic N) is 4. The zero-order chi connectivity index (χ0) is 19.9. The summed E-state index contributed by atoms with van der Waals surface area (Å²) in [6.07, 6.45) is 0. The van der Waals surface area contributed by atoms with Crippen LogP contribution in [0.15, 0.2) is 48.5 Å². The van der Waals surface area contributed by atoms with Crippen LogP contribution in [-0.2, 0) is 16.1 Å². The molecular formula is C18H17ClN6O3. The monoisotopic (exact) mass is 400 g/mol. The lowest BCUT2D eigenvalue weighted by Crippen LogP contribution is -2.45. The number of amides is 2. The van der Waals surface area contributed by atoms with E-state index in [9.17, 15) is 9.59 Å². The van der Waals surface area contributed by atoms with E-state index in [0.29, 0.717) is 16.6 Å². The summed E-state index contributed by atoms with van der Waals surface area (Å²) in [5.74, 6) is -0.259. The zero-order valence-corrected chi connectivity index (χ0v) is 15.7. The smallest absolute Gasteiger partial charge is 0.276 e. The molecule has 2 aromatic carbocycles. The number of rotatable bonds is 6. The third-order valence-corrected chi connectivity index (χ3v) is 3.87. The molecular weight excluding hydrogens is 384 g/mol. The Bertz CT molecular complexity index is 976. The highest BCUT2D eigenvalue weighted by Crippen LogP contribution is 2.24. The summed E-state index contributed by atoms with van der Waals surface area (Å²) < 4.78 is 5.35.